The van der Waals surface area contributed by atoms with Crippen molar-refractivity contribution in [3.63, 3.8) is 0 Å². The van der Waals surface area contributed by atoms with Gasteiger partial charge in [-0.2, -0.15) is 5.10 Å². The van der Waals surface area contributed by atoms with E-state index >= 15 is 0 Å². The van der Waals surface area contributed by atoms with Crippen molar-refractivity contribution < 1.29 is 19.7 Å². The Morgan fingerprint density at radius 3 is 2.50 bits per heavy atom. The van der Waals surface area contributed by atoms with Crippen LogP contribution in [0.3, 0.4) is 0 Å². The Morgan fingerprint density at radius 1 is 0.833 bits per heavy atom. The van der Waals surface area contributed by atoms with Crippen LogP contribution in [0.15, 0.2) is 101 Å². The summed E-state index contributed by atoms with van der Waals surface area (Å²) in [6.07, 6.45) is 0. The molecule has 0 aliphatic carbocycles. The normalized spacial score (nSPS) is 16.2. The van der Waals surface area contributed by atoms with Gasteiger partial charge in [-0.1, -0.05) is 36.4 Å². The van der Waals surface area contributed by atoms with Crippen molar-refractivity contribution in [3.8, 4) is 28.7 Å². The molecule has 1 aromatic heterocycles. The number of hydrogen-bond acceptors (Lipinski definition) is 9. The first-order valence-electron chi connectivity index (χ1n) is 13.4. The number of anilines is 2. The topological polar surface area (TPSA) is 117 Å². The number of nitrogens with zero attached hydrogens (tertiary/aromatic N) is 5. The van der Waals surface area contributed by atoms with Gasteiger partial charge >= 0.3 is 0 Å². The summed E-state index contributed by atoms with van der Waals surface area (Å²) in [4.78, 5) is 12.3. The molecule has 0 unspecified atom stereocenters. The smallest absolute Gasteiger partial charge is 0.231 e. The number of benzene rings is 4. The van der Waals surface area contributed by atoms with Crippen LogP contribution in [0.2, 0.25) is 0 Å². The largest absolute Gasteiger partial charge is 0.504 e. The van der Waals surface area contributed by atoms with Crippen LogP contribution < -0.4 is 19.7 Å². The second kappa shape index (κ2) is 9.13. The van der Waals surface area contributed by atoms with Crippen molar-refractivity contribution in [2.75, 3.05) is 17.0 Å². The van der Waals surface area contributed by atoms with E-state index in [9.17, 15) is 10.2 Å². The van der Waals surface area contributed by atoms with Crippen molar-refractivity contribution in [2.24, 2.45) is 9.98 Å². The number of rotatable bonds is 3. The first kappa shape index (κ1) is 24.1. The minimum atomic E-state index is -0.443. The summed E-state index contributed by atoms with van der Waals surface area (Å²) in [7, 11) is 0. The Kier molecular flexibility index (Phi) is 5.23. The second-order valence-electron chi connectivity index (χ2n) is 10.2. The number of phenols is 2. The predicted molar refractivity (Wildman–Crippen MR) is 159 cm³/mol. The van der Waals surface area contributed by atoms with Crippen LogP contribution in [0.25, 0.3) is 5.69 Å². The Labute approximate surface area is 240 Å². The number of hydrogen-bond donors (Lipinski definition) is 3. The number of aryl methyl sites for hydroxylation is 1. The zero-order valence-electron chi connectivity index (χ0n) is 22.4. The van der Waals surface area contributed by atoms with Crippen LogP contribution >= 0.6 is 0 Å². The fraction of sp³-hybridized carbons (Fsp3) is 0.0938. The molecule has 10 heteroatoms. The van der Waals surface area contributed by atoms with E-state index in [1.54, 1.807) is 6.07 Å². The van der Waals surface area contributed by atoms with Crippen LogP contribution in [0.4, 0.5) is 22.9 Å². The van der Waals surface area contributed by atoms with Crippen molar-refractivity contribution >= 4 is 34.6 Å². The average Bonchev–Trinajstić information content (AvgIpc) is 3.62. The van der Waals surface area contributed by atoms with Gasteiger partial charge < -0.3 is 29.9 Å². The number of ether oxygens (including phenoxy) is 2. The molecule has 0 fully saturated rings. The third-order valence-electron chi connectivity index (χ3n) is 7.59. The summed E-state index contributed by atoms with van der Waals surface area (Å²) in [6, 6.07) is 27.8. The molecule has 5 aromatic rings. The van der Waals surface area contributed by atoms with Crippen LogP contribution in [0.1, 0.15) is 22.9 Å². The lowest BCUT2D eigenvalue weighted by molar-refractivity contribution is 0.174. The Bertz CT molecular complexity index is 1950. The van der Waals surface area contributed by atoms with Crippen LogP contribution in [0.5, 0.6) is 23.0 Å². The third-order valence-corrected chi connectivity index (χ3v) is 7.59. The fourth-order valence-corrected chi connectivity index (χ4v) is 5.68. The van der Waals surface area contributed by atoms with E-state index in [0.717, 1.165) is 39.6 Å². The van der Waals surface area contributed by atoms with E-state index in [4.69, 9.17) is 24.6 Å². The molecule has 0 radical (unpaired) electrons. The number of aromatic nitrogens is 2. The van der Waals surface area contributed by atoms with E-state index in [1.807, 2.05) is 90.5 Å². The maximum Gasteiger partial charge on any atom is 0.231 e. The summed E-state index contributed by atoms with van der Waals surface area (Å²) in [5.74, 6) is 2.71. The first-order chi connectivity index (χ1) is 20.5. The van der Waals surface area contributed by atoms with Gasteiger partial charge in [0.05, 0.1) is 28.8 Å². The number of para-hydroxylation sites is 3. The lowest BCUT2D eigenvalue weighted by atomic mass is 9.93. The Morgan fingerprint density at radius 2 is 1.64 bits per heavy atom. The van der Waals surface area contributed by atoms with Gasteiger partial charge in [-0.15, -0.1) is 0 Å². The number of nitrogens with one attached hydrogen (secondary N) is 1. The highest BCUT2D eigenvalue weighted by atomic mass is 16.7. The Hall–Kier alpha value is -5.77. The molecule has 3 aliphatic heterocycles. The molecule has 0 amide bonds. The van der Waals surface area contributed by atoms with Crippen LogP contribution in [0, 0.1) is 6.92 Å². The fourth-order valence-electron chi connectivity index (χ4n) is 5.68. The highest BCUT2D eigenvalue weighted by molar-refractivity contribution is 6.51. The van der Waals surface area contributed by atoms with E-state index in [0.29, 0.717) is 29.0 Å². The zero-order chi connectivity index (χ0) is 28.4. The molecule has 3 aliphatic rings. The quantitative estimate of drug-likeness (QED) is 0.229. The Balaban J connectivity index is 1.37. The van der Waals surface area contributed by atoms with Gasteiger partial charge in [-0.3, -0.25) is 0 Å². The van der Waals surface area contributed by atoms with Gasteiger partial charge in [-0.25, -0.2) is 14.7 Å². The van der Waals surface area contributed by atoms with Crippen LogP contribution in [-0.4, -0.2) is 38.5 Å². The average molecular weight is 557 g/mol. The molecular weight excluding hydrogens is 532 g/mol. The maximum atomic E-state index is 10.6. The minimum Gasteiger partial charge on any atom is -0.504 e. The number of aromatic hydroxyl groups is 2. The van der Waals surface area contributed by atoms with Crippen molar-refractivity contribution in [2.45, 2.75) is 13.0 Å². The molecule has 206 valence electrons. The van der Waals surface area contributed by atoms with Crippen molar-refractivity contribution in [1.82, 2.24) is 9.78 Å². The predicted octanol–water partition coefficient (Wildman–Crippen LogP) is 6.12. The van der Waals surface area contributed by atoms with Gasteiger partial charge in [-0.05, 0) is 61.0 Å². The molecule has 0 saturated heterocycles. The van der Waals surface area contributed by atoms with E-state index in [-0.39, 0.29) is 18.3 Å². The highest BCUT2D eigenvalue weighted by Crippen LogP contribution is 2.49. The molecular formula is C32H24N6O4. The minimum absolute atomic E-state index is 0.181. The summed E-state index contributed by atoms with van der Waals surface area (Å²) >= 11 is 0. The second-order valence-corrected chi connectivity index (χ2v) is 10.2. The van der Waals surface area contributed by atoms with Gasteiger partial charge in [0.25, 0.3) is 0 Å². The molecule has 8 rings (SSSR count). The zero-order valence-corrected chi connectivity index (χ0v) is 22.4. The summed E-state index contributed by atoms with van der Waals surface area (Å²) < 4.78 is 12.9. The van der Waals surface area contributed by atoms with Crippen molar-refractivity contribution in [1.29, 1.82) is 0 Å². The lowest BCUT2D eigenvalue weighted by Gasteiger charge is -2.40. The molecule has 3 N–H and O–H groups in total. The summed E-state index contributed by atoms with van der Waals surface area (Å²) in [5.41, 5.74) is 5.66. The van der Waals surface area contributed by atoms with Crippen molar-refractivity contribution in [3.05, 3.63) is 108 Å². The molecule has 0 spiro atoms. The summed E-state index contributed by atoms with van der Waals surface area (Å²) in [5, 5.41) is 29.1. The molecule has 42 heavy (non-hydrogen) atoms. The van der Waals surface area contributed by atoms with Crippen LogP contribution in [-0.2, 0) is 0 Å². The molecule has 1 atom stereocenters. The van der Waals surface area contributed by atoms with Gasteiger partial charge in [0.2, 0.25) is 6.79 Å². The third kappa shape index (κ3) is 3.69. The van der Waals surface area contributed by atoms with E-state index < -0.39 is 6.04 Å². The molecule has 0 saturated carbocycles. The first-order valence-corrected chi connectivity index (χ1v) is 13.4. The maximum absolute atomic E-state index is 10.6. The standard InChI is InChI=1S/C32H24N6O4/c1-18-28-29(19-11-13-24(39)25(40)15-19)37-23-10-6-5-9-22(23)34-30(33-20-12-14-26-27(16-20)42-17-41-26)32(37)35-31(28)38(36-18)21-7-3-2-4-8-21/h2-16,29,39-40H,17H2,1H3,(H,33,34)/t29-/m1/s1. The number of amidine groups is 2. The van der Waals surface area contributed by atoms with Gasteiger partial charge in [0, 0.05) is 17.3 Å². The van der Waals surface area contributed by atoms with E-state index in [1.165, 1.54) is 6.07 Å². The number of aliphatic imine (C=N–C) groups is 2. The molecule has 0 bridgehead atoms. The number of phenolic OH excluding ortho intramolecular Hbond substituents is 2. The van der Waals surface area contributed by atoms with Gasteiger partial charge in [0.15, 0.2) is 40.5 Å². The number of fused-ring (bicyclic) bond motifs is 5. The lowest BCUT2D eigenvalue weighted by Crippen LogP contribution is -2.46. The SMILES string of the molecule is Cc1nn(-c2ccccc2)c2c1[C@@H](c1ccc(O)c(O)c1)N1C(=N2)C(Nc2ccc3c(c2)OCO3)=Nc2ccccc21. The van der Waals surface area contributed by atoms with E-state index in [2.05, 4.69) is 10.2 Å². The monoisotopic (exact) mass is 556 g/mol. The molecule has 4 heterocycles. The summed E-state index contributed by atoms with van der Waals surface area (Å²) in [6.45, 7) is 2.14. The highest BCUT2D eigenvalue weighted by Gasteiger charge is 2.41. The van der Waals surface area contributed by atoms with Gasteiger partial charge in [0.1, 0.15) is 0 Å². The molecule has 10 nitrogen and oxygen atoms in total. The molecule has 4 aromatic carbocycles.